The highest BCUT2D eigenvalue weighted by Gasteiger charge is 1.99. The van der Waals surface area contributed by atoms with Crippen LogP contribution in [0, 0.1) is 0 Å². The number of hydrogen-bond donors (Lipinski definition) is 2. The summed E-state index contributed by atoms with van der Waals surface area (Å²) in [6, 6.07) is 14.3. The van der Waals surface area contributed by atoms with Crippen LogP contribution in [0.15, 0.2) is 54.6 Å². The smallest absolute Gasteiger partial charge is 0.248 e. The topological polar surface area (TPSA) is 52.6 Å². The van der Waals surface area contributed by atoms with Crippen molar-refractivity contribution in [1.29, 1.82) is 0 Å². The number of nitrogens with one attached hydrogen (secondary N) is 1. The van der Waals surface area contributed by atoms with Crippen molar-refractivity contribution in [1.82, 2.24) is 0 Å². The molecule has 21 heavy (non-hydrogen) atoms. The van der Waals surface area contributed by atoms with Crippen LogP contribution >= 0.6 is 0 Å². The number of benzene rings is 2. The van der Waals surface area contributed by atoms with Gasteiger partial charge in [-0.2, -0.15) is 0 Å². The summed E-state index contributed by atoms with van der Waals surface area (Å²) >= 11 is 0. The van der Waals surface area contributed by atoms with E-state index >= 15 is 0 Å². The number of phenolic OH excluding ortho intramolecular Hbond substituents is 1. The molecule has 2 N–H and O–H groups in total. The molecular formula is C17H18N2O2. The fourth-order valence-corrected chi connectivity index (χ4v) is 1.78. The van der Waals surface area contributed by atoms with E-state index in [1.165, 1.54) is 6.08 Å². The van der Waals surface area contributed by atoms with Crippen LogP contribution in [0.25, 0.3) is 6.08 Å². The van der Waals surface area contributed by atoms with Crippen LogP contribution in [-0.4, -0.2) is 25.1 Å². The number of phenols is 1. The van der Waals surface area contributed by atoms with Crippen molar-refractivity contribution in [2.45, 2.75) is 0 Å². The van der Waals surface area contributed by atoms with Gasteiger partial charge in [-0.15, -0.1) is 0 Å². The minimum Gasteiger partial charge on any atom is -0.508 e. The highest BCUT2D eigenvalue weighted by molar-refractivity contribution is 6.02. The number of carbonyl (C=O) groups excluding carboxylic acids is 1. The molecule has 0 atom stereocenters. The quantitative estimate of drug-likeness (QED) is 0.847. The van der Waals surface area contributed by atoms with Crippen LogP contribution < -0.4 is 10.2 Å². The fourth-order valence-electron chi connectivity index (χ4n) is 1.78. The third-order valence-corrected chi connectivity index (χ3v) is 2.97. The standard InChI is InChI=1S/C17H18N2O2/c1-19(2)15-8-6-14(7-9-15)18-17(21)12-5-13-3-10-16(20)11-4-13/h3-12,20H,1-2H3,(H,18,21)/b12-5+. The van der Waals surface area contributed by atoms with Crippen molar-refractivity contribution in [2.24, 2.45) is 0 Å². The van der Waals surface area contributed by atoms with Gasteiger partial charge in [0.15, 0.2) is 0 Å². The first-order valence-corrected chi connectivity index (χ1v) is 6.60. The zero-order chi connectivity index (χ0) is 15.2. The molecule has 0 unspecified atom stereocenters. The highest BCUT2D eigenvalue weighted by atomic mass is 16.3. The molecule has 0 saturated carbocycles. The number of carbonyl (C=O) groups is 1. The van der Waals surface area contributed by atoms with Gasteiger partial charge < -0.3 is 15.3 Å². The molecule has 2 aromatic rings. The van der Waals surface area contributed by atoms with Crippen LogP contribution in [0.1, 0.15) is 5.56 Å². The normalized spacial score (nSPS) is 10.6. The lowest BCUT2D eigenvalue weighted by atomic mass is 10.2. The lowest BCUT2D eigenvalue weighted by Gasteiger charge is -2.12. The molecule has 0 aliphatic heterocycles. The van der Waals surface area contributed by atoms with Gasteiger partial charge in [-0.3, -0.25) is 4.79 Å². The molecule has 0 aliphatic rings. The molecule has 4 nitrogen and oxygen atoms in total. The monoisotopic (exact) mass is 282 g/mol. The second kappa shape index (κ2) is 6.61. The molecular weight excluding hydrogens is 264 g/mol. The van der Waals surface area contributed by atoms with Gasteiger partial charge in [-0.25, -0.2) is 0 Å². The number of aromatic hydroxyl groups is 1. The number of rotatable bonds is 4. The van der Waals surface area contributed by atoms with Gasteiger partial charge in [0.1, 0.15) is 5.75 Å². The average Bonchev–Trinajstić information content (AvgIpc) is 2.47. The predicted molar refractivity (Wildman–Crippen MR) is 86.5 cm³/mol. The van der Waals surface area contributed by atoms with Gasteiger partial charge in [-0.1, -0.05) is 12.1 Å². The second-order valence-corrected chi connectivity index (χ2v) is 4.86. The summed E-state index contributed by atoms with van der Waals surface area (Å²) in [6.07, 6.45) is 3.16. The molecule has 0 radical (unpaired) electrons. The van der Waals surface area contributed by atoms with E-state index in [9.17, 15) is 9.90 Å². The summed E-state index contributed by atoms with van der Waals surface area (Å²) in [7, 11) is 3.93. The van der Waals surface area contributed by atoms with E-state index < -0.39 is 0 Å². The molecule has 0 bridgehead atoms. The Kier molecular flexibility index (Phi) is 4.61. The molecule has 0 fully saturated rings. The average molecular weight is 282 g/mol. The Hall–Kier alpha value is -2.75. The number of nitrogens with zero attached hydrogens (tertiary/aromatic N) is 1. The third kappa shape index (κ3) is 4.38. The van der Waals surface area contributed by atoms with E-state index in [0.717, 1.165) is 16.9 Å². The van der Waals surface area contributed by atoms with E-state index in [4.69, 9.17) is 0 Å². The van der Waals surface area contributed by atoms with Crippen LogP contribution in [0.2, 0.25) is 0 Å². The lowest BCUT2D eigenvalue weighted by molar-refractivity contribution is -0.111. The molecule has 4 heteroatoms. The van der Waals surface area contributed by atoms with Crippen LogP contribution in [0.5, 0.6) is 5.75 Å². The van der Waals surface area contributed by atoms with Crippen molar-refractivity contribution < 1.29 is 9.90 Å². The van der Waals surface area contributed by atoms with Crippen LogP contribution in [-0.2, 0) is 4.79 Å². The predicted octanol–water partition coefficient (Wildman–Crippen LogP) is 3.11. The van der Waals surface area contributed by atoms with E-state index in [0.29, 0.717) is 0 Å². The first kappa shape index (κ1) is 14.7. The molecule has 0 heterocycles. The maximum absolute atomic E-state index is 11.8. The molecule has 0 saturated heterocycles. The summed E-state index contributed by atoms with van der Waals surface area (Å²) in [4.78, 5) is 13.8. The zero-order valence-electron chi connectivity index (χ0n) is 12.1. The Balaban J connectivity index is 1.96. The fraction of sp³-hybridized carbons (Fsp3) is 0.118. The van der Waals surface area contributed by atoms with Crippen molar-refractivity contribution in [2.75, 3.05) is 24.3 Å². The van der Waals surface area contributed by atoms with E-state index in [1.807, 2.05) is 43.3 Å². The van der Waals surface area contributed by atoms with Crippen molar-refractivity contribution in [3.05, 3.63) is 60.2 Å². The Bertz CT molecular complexity index is 629. The number of anilines is 2. The first-order valence-electron chi connectivity index (χ1n) is 6.60. The maximum Gasteiger partial charge on any atom is 0.248 e. The Morgan fingerprint density at radius 1 is 1.05 bits per heavy atom. The molecule has 1 amide bonds. The van der Waals surface area contributed by atoms with Gasteiger partial charge >= 0.3 is 0 Å². The number of amides is 1. The Morgan fingerprint density at radius 3 is 2.24 bits per heavy atom. The number of hydrogen-bond acceptors (Lipinski definition) is 3. The molecule has 2 aromatic carbocycles. The molecule has 0 spiro atoms. The SMILES string of the molecule is CN(C)c1ccc(NC(=O)/C=C/c2ccc(O)cc2)cc1. The van der Waals surface area contributed by atoms with Gasteiger partial charge in [0.25, 0.3) is 0 Å². The van der Waals surface area contributed by atoms with Crippen molar-refractivity contribution in [3.8, 4) is 5.75 Å². The molecule has 0 aromatic heterocycles. The summed E-state index contributed by atoms with van der Waals surface area (Å²) in [5.41, 5.74) is 2.68. The maximum atomic E-state index is 11.8. The van der Waals surface area contributed by atoms with E-state index in [1.54, 1.807) is 30.3 Å². The van der Waals surface area contributed by atoms with Gasteiger partial charge in [0.2, 0.25) is 5.91 Å². The molecule has 0 aliphatic carbocycles. The van der Waals surface area contributed by atoms with Crippen molar-refractivity contribution >= 4 is 23.4 Å². The van der Waals surface area contributed by atoms with Crippen molar-refractivity contribution in [3.63, 3.8) is 0 Å². The summed E-state index contributed by atoms with van der Waals surface area (Å²) in [5, 5.41) is 12.0. The van der Waals surface area contributed by atoms with E-state index in [-0.39, 0.29) is 11.7 Å². The van der Waals surface area contributed by atoms with Gasteiger partial charge in [-0.05, 0) is 48.0 Å². The summed E-state index contributed by atoms with van der Waals surface area (Å²) in [5.74, 6) is 0.0123. The molecule has 2 rings (SSSR count). The van der Waals surface area contributed by atoms with Gasteiger partial charge in [0.05, 0.1) is 0 Å². The first-order chi connectivity index (χ1) is 10.0. The highest BCUT2D eigenvalue weighted by Crippen LogP contribution is 2.16. The summed E-state index contributed by atoms with van der Waals surface area (Å²) in [6.45, 7) is 0. The largest absolute Gasteiger partial charge is 0.508 e. The Morgan fingerprint density at radius 2 is 1.67 bits per heavy atom. The van der Waals surface area contributed by atoms with Gasteiger partial charge in [0, 0.05) is 31.5 Å². The third-order valence-electron chi connectivity index (χ3n) is 2.97. The minimum absolute atomic E-state index is 0.194. The summed E-state index contributed by atoms with van der Waals surface area (Å²) < 4.78 is 0. The van der Waals surface area contributed by atoms with Crippen LogP contribution in [0.3, 0.4) is 0 Å². The lowest BCUT2D eigenvalue weighted by Crippen LogP contribution is -2.10. The molecule has 108 valence electrons. The van der Waals surface area contributed by atoms with Crippen LogP contribution in [0.4, 0.5) is 11.4 Å². The Labute approximate surface area is 124 Å². The second-order valence-electron chi connectivity index (χ2n) is 4.86. The zero-order valence-corrected chi connectivity index (χ0v) is 12.1. The van der Waals surface area contributed by atoms with E-state index in [2.05, 4.69) is 5.32 Å². The minimum atomic E-state index is -0.194.